The van der Waals surface area contributed by atoms with Gasteiger partial charge in [0.2, 0.25) is 6.41 Å². The van der Waals surface area contributed by atoms with Gasteiger partial charge in [-0.3, -0.25) is 4.79 Å². The first-order valence-corrected chi connectivity index (χ1v) is 4.90. The van der Waals surface area contributed by atoms with Gasteiger partial charge in [-0.25, -0.2) is 0 Å². The highest BCUT2D eigenvalue weighted by molar-refractivity contribution is 5.77. The van der Waals surface area contributed by atoms with Crippen molar-refractivity contribution in [2.45, 2.75) is 27.7 Å². The van der Waals surface area contributed by atoms with Gasteiger partial charge in [-0.15, -0.1) is 0 Å². The van der Waals surface area contributed by atoms with Gasteiger partial charge in [0.05, 0.1) is 0 Å². The Kier molecular flexibility index (Phi) is 3.28. The number of hydrogen-bond donors (Lipinski definition) is 0. The zero-order chi connectivity index (χ0) is 10.7. The molecule has 0 aromatic heterocycles. The summed E-state index contributed by atoms with van der Waals surface area (Å²) in [7, 11) is 0. The molecule has 0 saturated carbocycles. The fourth-order valence-corrected chi connectivity index (χ4v) is 1.62. The largest absolute Gasteiger partial charge is 0.315 e. The molecule has 2 heteroatoms. The fraction of sp³-hybridized carbons (Fsp3) is 0.417. The number of carbonyl (C=O) groups excluding carboxylic acids is 1. The summed E-state index contributed by atoms with van der Waals surface area (Å²) in [5.74, 6) is 0. The maximum Gasteiger partial charge on any atom is 0.214 e. The van der Waals surface area contributed by atoms with Crippen LogP contribution in [-0.4, -0.2) is 13.0 Å². The van der Waals surface area contributed by atoms with Crippen LogP contribution in [0.5, 0.6) is 0 Å². The van der Waals surface area contributed by atoms with Crippen LogP contribution in [0.3, 0.4) is 0 Å². The lowest BCUT2D eigenvalue weighted by Gasteiger charge is -2.19. The number of benzene rings is 1. The average Bonchev–Trinajstić information content (AvgIpc) is 2.15. The van der Waals surface area contributed by atoms with Gasteiger partial charge in [0, 0.05) is 12.2 Å². The number of carbonyl (C=O) groups is 1. The first kappa shape index (κ1) is 10.8. The van der Waals surface area contributed by atoms with E-state index in [2.05, 4.69) is 32.9 Å². The van der Waals surface area contributed by atoms with Crippen LogP contribution < -0.4 is 4.90 Å². The minimum Gasteiger partial charge on any atom is -0.315 e. The maximum atomic E-state index is 10.8. The first-order chi connectivity index (χ1) is 6.60. The number of aryl methyl sites for hydroxylation is 2. The summed E-state index contributed by atoms with van der Waals surface area (Å²) in [4.78, 5) is 12.6. The molecule has 0 radical (unpaired) electrons. The van der Waals surface area contributed by atoms with E-state index in [1.165, 1.54) is 16.7 Å². The van der Waals surface area contributed by atoms with Gasteiger partial charge in [0.1, 0.15) is 0 Å². The molecule has 0 atom stereocenters. The molecule has 0 aliphatic rings. The topological polar surface area (TPSA) is 20.3 Å². The van der Waals surface area contributed by atoms with Crippen molar-refractivity contribution in [3.63, 3.8) is 0 Å². The van der Waals surface area contributed by atoms with Crippen LogP contribution in [0.25, 0.3) is 0 Å². The van der Waals surface area contributed by atoms with Crippen molar-refractivity contribution in [2.24, 2.45) is 0 Å². The Hall–Kier alpha value is -1.31. The van der Waals surface area contributed by atoms with Crippen molar-refractivity contribution in [3.05, 3.63) is 28.8 Å². The van der Waals surface area contributed by atoms with Gasteiger partial charge in [-0.2, -0.15) is 0 Å². The fourth-order valence-electron chi connectivity index (χ4n) is 1.62. The molecule has 1 aromatic carbocycles. The molecule has 0 aliphatic carbocycles. The highest BCUT2D eigenvalue weighted by Gasteiger charge is 2.08. The Balaban J connectivity index is 3.25. The third-order valence-electron chi connectivity index (χ3n) is 2.56. The summed E-state index contributed by atoms with van der Waals surface area (Å²) in [5.41, 5.74) is 4.65. The quantitative estimate of drug-likeness (QED) is 0.672. The molecule has 1 aromatic rings. The number of amides is 1. The van der Waals surface area contributed by atoms with Gasteiger partial charge in [0.15, 0.2) is 0 Å². The van der Waals surface area contributed by atoms with E-state index in [-0.39, 0.29) is 0 Å². The van der Waals surface area contributed by atoms with Crippen molar-refractivity contribution in [2.75, 3.05) is 11.4 Å². The molecule has 0 unspecified atom stereocenters. The molecule has 0 bridgehead atoms. The minimum absolute atomic E-state index is 0.716. The minimum atomic E-state index is 0.716. The summed E-state index contributed by atoms with van der Waals surface area (Å²) in [6.07, 6.45) is 0.890. The van der Waals surface area contributed by atoms with Crippen LogP contribution in [0, 0.1) is 20.8 Å². The second kappa shape index (κ2) is 4.27. The number of hydrogen-bond acceptors (Lipinski definition) is 1. The third kappa shape index (κ3) is 1.95. The molecule has 0 N–H and O–H groups in total. The molecule has 0 aliphatic heterocycles. The van der Waals surface area contributed by atoms with E-state index in [0.29, 0.717) is 6.54 Å². The number of rotatable bonds is 3. The smallest absolute Gasteiger partial charge is 0.214 e. The summed E-state index contributed by atoms with van der Waals surface area (Å²) >= 11 is 0. The molecule has 76 valence electrons. The standard InChI is InChI=1S/C12H17NO/c1-5-13(8-14)12-7-9(2)6-10(3)11(12)4/h6-8H,5H2,1-4H3. The van der Waals surface area contributed by atoms with Crippen LogP contribution in [0.1, 0.15) is 23.6 Å². The van der Waals surface area contributed by atoms with Crippen LogP contribution >= 0.6 is 0 Å². The molecular formula is C12H17NO. The molecule has 0 saturated heterocycles. The van der Waals surface area contributed by atoms with Gasteiger partial charge in [0.25, 0.3) is 0 Å². The Morgan fingerprint density at radius 2 is 1.93 bits per heavy atom. The molecule has 2 nitrogen and oxygen atoms in total. The van der Waals surface area contributed by atoms with E-state index >= 15 is 0 Å². The summed E-state index contributed by atoms with van der Waals surface area (Å²) in [5, 5.41) is 0. The lowest BCUT2D eigenvalue weighted by Crippen LogP contribution is -2.21. The monoisotopic (exact) mass is 191 g/mol. The van der Waals surface area contributed by atoms with E-state index in [9.17, 15) is 4.79 Å². The second-order valence-corrected chi connectivity index (χ2v) is 3.62. The van der Waals surface area contributed by atoms with E-state index in [1.54, 1.807) is 4.90 Å². The molecule has 0 heterocycles. The lowest BCUT2D eigenvalue weighted by molar-refractivity contribution is -0.107. The summed E-state index contributed by atoms with van der Waals surface area (Å²) in [6, 6.07) is 4.19. The van der Waals surface area contributed by atoms with Crippen molar-refractivity contribution in [1.29, 1.82) is 0 Å². The predicted molar refractivity (Wildman–Crippen MR) is 59.7 cm³/mol. The van der Waals surface area contributed by atoms with E-state index in [4.69, 9.17) is 0 Å². The Morgan fingerprint density at radius 3 is 2.43 bits per heavy atom. The highest BCUT2D eigenvalue weighted by atomic mass is 16.1. The van der Waals surface area contributed by atoms with Gasteiger partial charge in [-0.1, -0.05) is 6.07 Å². The van der Waals surface area contributed by atoms with Crippen molar-refractivity contribution in [3.8, 4) is 0 Å². The van der Waals surface area contributed by atoms with Crippen LogP contribution in [0.2, 0.25) is 0 Å². The third-order valence-corrected chi connectivity index (χ3v) is 2.56. The first-order valence-electron chi connectivity index (χ1n) is 4.90. The highest BCUT2D eigenvalue weighted by Crippen LogP contribution is 2.23. The predicted octanol–water partition coefficient (Wildman–Crippen LogP) is 2.59. The van der Waals surface area contributed by atoms with E-state index < -0.39 is 0 Å². The summed E-state index contributed by atoms with van der Waals surface area (Å²) in [6.45, 7) is 8.87. The van der Waals surface area contributed by atoms with Gasteiger partial charge < -0.3 is 4.90 Å². The molecule has 0 fully saturated rings. The Bertz CT molecular complexity index is 344. The number of nitrogens with zero attached hydrogens (tertiary/aromatic N) is 1. The normalized spacial score (nSPS) is 10.0. The van der Waals surface area contributed by atoms with E-state index in [1.807, 2.05) is 6.92 Å². The van der Waals surface area contributed by atoms with Crippen molar-refractivity contribution >= 4 is 12.1 Å². The van der Waals surface area contributed by atoms with Crippen LogP contribution in [-0.2, 0) is 4.79 Å². The Morgan fingerprint density at radius 1 is 1.29 bits per heavy atom. The summed E-state index contributed by atoms with van der Waals surface area (Å²) < 4.78 is 0. The maximum absolute atomic E-state index is 10.8. The van der Waals surface area contributed by atoms with Crippen LogP contribution in [0.15, 0.2) is 12.1 Å². The molecular weight excluding hydrogens is 174 g/mol. The zero-order valence-corrected chi connectivity index (χ0v) is 9.29. The second-order valence-electron chi connectivity index (χ2n) is 3.62. The van der Waals surface area contributed by atoms with E-state index in [0.717, 1.165) is 12.1 Å². The average molecular weight is 191 g/mol. The van der Waals surface area contributed by atoms with Gasteiger partial charge in [-0.05, 0) is 50.5 Å². The number of anilines is 1. The lowest BCUT2D eigenvalue weighted by atomic mass is 10.0. The van der Waals surface area contributed by atoms with Crippen molar-refractivity contribution in [1.82, 2.24) is 0 Å². The molecule has 0 spiro atoms. The van der Waals surface area contributed by atoms with Crippen LogP contribution in [0.4, 0.5) is 5.69 Å². The molecule has 1 rings (SSSR count). The molecule has 1 amide bonds. The Labute approximate surface area is 85.5 Å². The van der Waals surface area contributed by atoms with Crippen molar-refractivity contribution < 1.29 is 4.79 Å². The zero-order valence-electron chi connectivity index (χ0n) is 9.29. The molecule has 14 heavy (non-hydrogen) atoms. The SMILES string of the molecule is CCN(C=O)c1cc(C)cc(C)c1C. The van der Waals surface area contributed by atoms with Gasteiger partial charge >= 0.3 is 0 Å².